The van der Waals surface area contributed by atoms with Crippen molar-refractivity contribution in [2.45, 2.75) is 28.3 Å². The van der Waals surface area contributed by atoms with Crippen molar-refractivity contribution >= 4 is 21.6 Å². The summed E-state index contributed by atoms with van der Waals surface area (Å²) in [6, 6.07) is 4.67. The van der Waals surface area contributed by atoms with E-state index in [1.165, 1.54) is 24.3 Å². The second-order valence-electron chi connectivity index (χ2n) is 6.12. The number of allylic oxidation sites excluding steroid dienone is 4. The Morgan fingerprint density at radius 3 is 2.19 bits per heavy atom. The van der Waals surface area contributed by atoms with Gasteiger partial charge in [0.15, 0.2) is 0 Å². The molecule has 0 aromatic heterocycles. The van der Waals surface area contributed by atoms with Gasteiger partial charge in [0, 0.05) is 11.5 Å². The van der Waals surface area contributed by atoms with Gasteiger partial charge in [-0.2, -0.15) is 17.5 Å². The van der Waals surface area contributed by atoms with Crippen LogP contribution in [0.2, 0.25) is 0 Å². The van der Waals surface area contributed by atoms with E-state index in [2.05, 4.69) is 0 Å². The molecule has 3 rings (SSSR count). The first kappa shape index (κ1) is 19.3. The molecule has 0 radical (unpaired) electrons. The van der Waals surface area contributed by atoms with E-state index in [1.54, 1.807) is 0 Å². The fourth-order valence-corrected chi connectivity index (χ4v) is 4.78. The maximum Gasteiger partial charge on any atom is 0.413 e. The van der Waals surface area contributed by atoms with E-state index < -0.39 is 52.1 Å². The molecular formula is C16H13ClF5NO2S. The maximum absolute atomic E-state index is 13.2. The summed E-state index contributed by atoms with van der Waals surface area (Å²) in [6.45, 7) is -1.82. The van der Waals surface area contributed by atoms with E-state index in [1.807, 2.05) is 0 Å². The normalized spacial score (nSPS) is 26.3. The number of hydrogen-bond donors (Lipinski definition) is 0. The number of benzene rings is 1. The molecule has 3 nitrogen and oxygen atoms in total. The first-order chi connectivity index (χ1) is 11.9. The van der Waals surface area contributed by atoms with Gasteiger partial charge in [0.05, 0.1) is 23.4 Å². The number of halogens is 6. The third-order valence-corrected chi connectivity index (χ3v) is 6.45. The Kier molecular flexibility index (Phi) is 4.69. The van der Waals surface area contributed by atoms with Crippen molar-refractivity contribution in [3.8, 4) is 0 Å². The summed E-state index contributed by atoms with van der Waals surface area (Å²) in [6.07, 6.45) is -1.03. The van der Waals surface area contributed by atoms with Crippen molar-refractivity contribution in [3.63, 3.8) is 0 Å². The minimum atomic E-state index is -4.59. The quantitative estimate of drug-likeness (QED) is 0.553. The number of hydrogen-bond acceptors (Lipinski definition) is 2. The molecule has 2 unspecified atom stereocenters. The first-order valence-corrected chi connectivity index (χ1v) is 9.37. The average Bonchev–Trinajstić information content (AvgIpc) is 2.51. The second kappa shape index (κ2) is 6.31. The van der Waals surface area contributed by atoms with Crippen LogP contribution in [-0.4, -0.2) is 43.3 Å². The fourth-order valence-electron chi connectivity index (χ4n) is 2.92. The van der Waals surface area contributed by atoms with Gasteiger partial charge < -0.3 is 0 Å². The van der Waals surface area contributed by atoms with E-state index in [-0.39, 0.29) is 10.5 Å². The van der Waals surface area contributed by atoms with Gasteiger partial charge in [-0.25, -0.2) is 17.2 Å². The third-order valence-electron chi connectivity index (χ3n) is 4.24. The molecule has 26 heavy (non-hydrogen) atoms. The molecule has 0 N–H and O–H groups in total. The molecule has 0 bridgehead atoms. The van der Waals surface area contributed by atoms with E-state index in [0.717, 1.165) is 18.2 Å². The Labute approximate surface area is 151 Å². The molecule has 1 aromatic carbocycles. The molecule has 1 aromatic rings. The number of alkyl halides is 6. The van der Waals surface area contributed by atoms with E-state index in [9.17, 15) is 30.4 Å². The number of nitrogens with zero attached hydrogens (tertiary/aromatic N) is 1. The second-order valence-corrected chi connectivity index (χ2v) is 8.57. The van der Waals surface area contributed by atoms with Crippen LogP contribution in [0.3, 0.4) is 0 Å². The lowest BCUT2D eigenvalue weighted by Crippen LogP contribution is -2.58. The van der Waals surface area contributed by atoms with Crippen LogP contribution in [0.1, 0.15) is 11.5 Å². The van der Waals surface area contributed by atoms with Gasteiger partial charge in [-0.05, 0) is 17.7 Å². The summed E-state index contributed by atoms with van der Waals surface area (Å²) in [5, 5.41) is -0.951. The summed E-state index contributed by atoms with van der Waals surface area (Å²) in [5.74, 6) is -4.24. The van der Waals surface area contributed by atoms with Gasteiger partial charge >= 0.3 is 6.18 Å². The van der Waals surface area contributed by atoms with Crippen LogP contribution in [0.5, 0.6) is 0 Å². The van der Waals surface area contributed by atoms with Crippen molar-refractivity contribution in [1.29, 1.82) is 0 Å². The third kappa shape index (κ3) is 3.52. The molecule has 1 aliphatic carbocycles. The predicted octanol–water partition coefficient (Wildman–Crippen LogP) is 4.08. The summed E-state index contributed by atoms with van der Waals surface area (Å²) in [4.78, 5) is -0.258. The maximum atomic E-state index is 13.2. The Hall–Kier alpha value is -1.45. The zero-order valence-corrected chi connectivity index (χ0v) is 14.6. The Balaban J connectivity index is 1.88. The SMILES string of the molecule is O=S(=O)(c1ccc(C2C(C(F)(F)F)=CC=CC2Cl)cc1)N1CC(F)(F)C1. The van der Waals surface area contributed by atoms with Gasteiger partial charge in [-0.1, -0.05) is 30.4 Å². The lowest BCUT2D eigenvalue weighted by Gasteiger charge is -2.37. The van der Waals surface area contributed by atoms with Crippen LogP contribution in [0.4, 0.5) is 22.0 Å². The molecule has 142 valence electrons. The van der Waals surface area contributed by atoms with Crippen molar-refractivity contribution in [1.82, 2.24) is 4.31 Å². The minimum absolute atomic E-state index is 0.186. The molecule has 10 heteroatoms. The molecule has 0 saturated carbocycles. The van der Waals surface area contributed by atoms with Crippen LogP contribution in [0, 0.1) is 0 Å². The van der Waals surface area contributed by atoms with Crippen molar-refractivity contribution in [3.05, 3.63) is 53.6 Å². The van der Waals surface area contributed by atoms with Gasteiger partial charge in [0.25, 0.3) is 5.92 Å². The monoisotopic (exact) mass is 413 g/mol. The van der Waals surface area contributed by atoms with Gasteiger partial charge in [0.1, 0.15) is 0 Å². The van der Waals surface area contributed by atoms with Crippen molar-refractivity contribution < 1.29 is 30.4 Å². The lowest BCUT2D eigenvalue weighted by molar-refractivity contribution is -0.0960. The van der Waals surface area contributed by atoms with Gasteiger partial charge in [0.2, 0.25) is 10.0 Å². The highest BCUT2D eigenvalue weighted by Gasteiger charge is 2.50. The van der Waals surface area contributed by atoms with E-state index in [4.69, 9.17) is 11.6 Å². The average molecular weight is 414 g/mol. The largest absolute Gasteiger partial charge is 0.413 e. The molecule has 0 amide bonds. The van der Waals surface area contributed by atoms with Crippen LogP contribution < -0.4 is 0 Å². The van der Waals surface area contributed by atoms with Gasteiger partial charge in [-0.3, -0.25) is 0 Å². The molecule has 1 fully saturated rings. The Morgan fingerprint density at radius 2 is 1.69 bits per heavy atom. The molecule has 1 heterocycles. The molecule has 1 aliphatic heterocycles. The number of sulfonamides is 1. The van der Waals surface area contributed by atoms with Crippen LogP contribution in [0.15, 0.2) is 53.0 Å². The molecule has 0 spiro atoms. The van der Waals surface area contributed by atoms with Gasteiger partial charge in [-0.15, -0.1) is 11.6 Å². The smallest absolute Gasteiger partial charge is 0.207 e. The molecule has 1 saturated heterocycles. The van der Waals surface area contributed by atoms with E-state index >= 15 is 0 Å². The molecule has 2 atom stereocenters. The highest BCUT2D eigenvalue weighted by Crippen LogP contribution is 2.43. The summed E-state index contributed by atoms with van der Waals surface area (Å²) in [7, 11) is -4.11. The summed E-state index contributed by atoms with van der Waals surface area (Å²) in [5.41, 5.74) is -0.649. The Bertz CT molecular complexity index is 854. The predicted molar refractivity (Wildman–Crippen MR) is 85.8 cm³/mol. The van der Waals surface area contributed by atoms with E-state index in [0.29, 0.717) is 4.31 Å². The minimum Gasteiger partial charge on any atom is -0.207 e. The van der Waals surface area contributed by atoms with Crippen LogP contribution in [0.25, 0.3) is 0 Å². The zero-order chi connectivity index (χ0) is 19.3. The Morgan fingerprint density at radius 1 is 1.12 bits per heavy atom. The summed E-state index contributed by atoms with van der Waals surface area (Å²) >= 11 is 6.02. The standard InChI is InChI=1S/C16H13ClF5NO2S/c17-13-3-1-2-12(16(20,21)22)14(13)10-4-6-11(7-5-10)26(24,25)23-8-15(18,19)9-23/h1-7,13-14H,8-9H2. The van der Waals surface area contributed by atoms with Crippen LogP contribution >= 0.6 is 11.6 Å². The molecule has 2 aliphatic rings. The zero-order valence-electron chi connectivity index (χ0n) is 13.1. The molecular weight excluding hydrogens is 401 g/mol. The highest BCUT2D eigenvalue weighted by molar-refractivity contribution is 7.89. The topological polar surface area (TPSA) is 37.4 Å². The highest BCUT2D eigenvalue weighted by atomic mass is 35.5. The summed E-state index contributed by atoms with van der Waals surface area (Å²) < 4.78 is 90.6. The first-order valence-electron chi connectivity index (χ1n) is 7.49. The fraction of sp³-hybridized carbons (Fsp3) is 0.375. The van der Waals surface area contributed by atoms with Crippen molar-refractivity contribution in [2.75, 3.05) is 13.1 Å². The number of rotatable bonds is 3. The van der Waals surface area contributed by atoms with Crippen molar-refractivity contribution in [2.24, 2.45) is 0 Å². The van der Waals surface area contributed by atoms with Crippen LogP contribution in [-0.2, 0) is 10.0 Å². The lowest BCUT2D eigenvalue weighted by atomic mass is 9.84.